The van der Waals surface area contributed by atoms with E-state index in [1.807, 2.05) is 4.90 Å². The number of aromatic amines is 1. The Morgan fingerprint density at radius 2 is 1.86 bits per heavy atom. The van der Waals surface area contributed by atoms with Crippen LogP contribution in [0.1, 0.15) is 25.0 Å². The molecule has 1 aliphatic heterocycles. The zero-order valence-electron chi connectivity index (χ0n) is 22.9. The zero-order chi connectivity index (χ0) is 30.0. The standard InChI is InChI=1S/C29H29ClF4N6O2/c1-17(2)40-11-9-39(10-12-40)16-18-3-4-19(13-21(18)29(32,33)34)37-28(41)38-24-6-5-20(14-23(24)31)42-25-7-8-35-27-26(25)22(30)15-36-27/h3-8,13-15,17H,9-12,16H2,1-2H3,(H,35,36)(H2,37,38,41). The van der Waals surface area contributed by atoms with Crippen LogP contribution in [0.3, 0.4) is 0 Å². The number of hydrogen-bond acceptors (Lipinski definition) is 5. The molecule has 0 aliphatic carbocycles. The Morgan fingerprint density at radius 3 is 2.55 bits per heavy atom. The number of alkyl halides is 3. The molecular formula is C29H29ClF4N6O2. The summed E-state index contributed by atoms with van der Waals surface area (Å²) >= 11 is 6.18. The lowest BCUT2D eigenvalue weighted by molar-refractivity contribution is -0.138. The van der Waals surface area contributed by atoms with E-state index in [1.165, 1.54) is 30.5 Å². The largest absolute Gasteiger partial charge is 0.456 e. The van der Waals surface area contributed by atoms with Gasteiger partial charge in [-0.15, -0.1) is 0 Å². The number of nitrogens with zero attached hydrogens (tertiary/aromatic N) is 3. The van der Waals surface area contributed by atoms with Crippen molar-refractivity contribution in [1.82, 2.24) is 19.8 Å². The number of amides is 2. The highest BCUT2D eigenvalue weighted by Gasteiger charge is 2.34. The van der Waals surface area contributed by atoms with Crippen LogP contribution >= 0.6 is 11.6 Å². The van der Waals surface area contributed by atoms with E-state index in [0.717, 1.165) is 25.2 Å². The molecule has 222 valence electrons. The monoisotopic (exact) mass is 604 g/mol. The molecule has 1 aliphatic rings. The second-order valence-corrected chi connectivity index (χ2v) is 10.7. The maximum absolute atomic E-state index is 14.8. The maximum atomic E-state index is 14.8. The number of benzene rings is 2. The van der Waals surface area contributed by atoms with Gasteiger partial charge < -0.3 is 20.4 Å². The molecule has 2 aromatic heterocycles. The van der Waals surface area contributed by atoms with Gasteiger partial charge >= 0.3 is 12.2 Å². The molecule has 13 heteroatoms. The Bertz CT molecular complexity index is 1580. The van der Waals surface area contributed by atoms with Crippen molar-refractivity contribution in [3.05, 3.63) is 76.8 Å². The van der Waals surface area contributed by atoms with Crippen LogP contribution in [0.2, 0.25) is 5.02 Å². The van der Waals surface area contributed by atoms with Gasteiger partial charge in [-0.1, -0.05) is 17.7 Å². The summed E-state index contributed by atoms with van der Waals surface area (Å²) < 4.78 is 62.4. The van der Waals surface area contributed by atoms with Crippen LogP contribution in [0.25, 0.3) is 11.0 Å². The molecule has 3 N–H and O–H groups in total. The highest BCUT2D eigenvalue weighted by atomic mass is 35.5. The predicted octanol–water partition coefficient (Wildman–Crippen LogP) is 7.34. The number of fused-ring (bicyclic) bond motifs is 1. The third-order valence-corrected chi connectivity index (χ3v) is 7.41. The fraction of sp³-hybridized carbons (Fsp3) is 0.310. The van der Waals surface area contributed by atoms with E-state index in [2.05, 4.69) is 39.3 Å². The van der Waals surface area contributed by atoms with Gasteiger partial charge in [0.15, 0.2) is 0 Å². The van der Waals surface area contributed by atoms with Crippen LogP contribution in [-0.4, -0.2) is 58.0 Å². The first-order chi connectivity index (χ1) is 20.0. The molecule has 0 bridgehead atoms. The van der Waals surface area contributed by atoms with Crippen LogP contribution in [0, 0.1) is 5.82 Å². The molecule has 0 unspecified atom stereocenters. The van der Waals surface area contributed by atoms with Gasteiger partial charge in [-0.3, -0.25) is 9.80 Å². The summed E-state index contributed by atoms with van der Waals surface area (Å²) in [5, 5.41) is 5.60. The number of H-pyrrole nitrogens is 1. The Hall–Kier alpha value is -3.87. The minimum atomic E-state index is -4.61. The topological polar surface area (TPSA) is 85.5 Å². The van der Waals surface area contributed by atoms with Crippen LogP contribution in [0.5, 0.6) is 11.5 Å². The van der Waals surface area contributed by atoms with Crippen molar-refractivity contribution in [3.63, 3.8) is 0 Å². The van der Waals surface area contributed by atoms with Crippen LogP contribution in [0.15, 0.2) is 54.9 Å². The molecule has 42 heavy (non-hydrogen) atoms. The zero-order valence-corrected chi connectivity index (χ0v) is 23.6. The fourth-order valence-electron chi connectivity index (χ4n) is 4.88. The Kier molecular flexibility index (Phi) is 8.58. The van der Waals surface area contributed by atoms with E-state index in [-0.39, 0.29) is 29.2 Å². The lowest BCUT2D eigenvalue weighted by atomic mass is 10.0. The normalized spacial score (nSPS) is 14.9. The molecule has 4 aromatic rings. The van der Waals surface area contributed by atoms with Gasteiger partial charge in [-0.2, -0.15) is 13.2 Å². The number of nitrogens with one attached hydrogen (secondary N) is 3. The van der Waals surface area contributed by atoms with Gasteiger partial charge in [0, 0.05) is 62.9 Å². The first-order valence-electron chi connectivity index (χ1n) is 13.3. The summed E-state index contributed by atoms with van der Waals surface area (Å²) in [6.07, 6.45) is -1.56. The highest BCUT2D eigenvalue weighted by Crippen LogP contribution is 2.36. The van der Waals surface area contributed by atoms with Gasteiger partial charge in [-0.05, 0) is 49.7 Å². The average Bonchev–Trinajstić information content (AvgIpc) is 3.32. The predicted molar refractivity (Wildman–Crippen MR) is 154 cm³/mol. The van der Waals surface area contributed by atoms with E-state index in [9.17, 15) is 22.4 Å². The molecule has 1 saturated heterocycles. The van der Waals surface area contributed by atoms with Crippen molar-refractivity contribution < 1.29 is 27.1 Å². The Labute approximate surface area is 244 Å². The van der Waals surface area contributed by atoms with E-state index in [1.54, 1.807) is 12.3 Å². The van der Waals surface area contributed by atoms with Crippen LogP contribution in [0.4, 0.5) is 33.7 Å². The Morgan fingerprint density at radius 1 is 1.10 bits per heavy atom. The third kappa shape index (κ3) is 6.77. The van der Waals surface area contributed by atoms with Crippen molar-refractivity contribution in [1.29, 1.82) is 0 Å². The first-order valence-corrected chi connectivity index (χ1v) is 13.7. The number of halogens is 5. The van der Waals surface area contributed by atoms with Gasteiger partial charge in [0.1, 0.15) is 23.0 Å². The smallest absolute Gasteiger partial charge is 0.416 e. The lowest BCUT2D eigenvalue weighted by Crippen LogP contribution is -2.48. The SMILES string of the molecule is CC(C)N1CCN(Cc2ccc(NC(=O)Nc3ccc(Oc4ccnc5[nH]cc(Cl)c45)cc3F)cc2C(F)(F)F)CC1. The summed E-state index contributed by atoms with van der Waals surface area (Å²) in [7, 11) is 0. The number of carbonyl (C=O) groups is 1. The van der Waals surface area contributed by atoms with Gasteiger partial charge in [-0.25, -0.2) is 14.2 Å². The van der Waals surface area contributed by atoms with E-state index in [0.29, 0.717) is 40.9 Å². The minimum Gasteiger partial charge on any atom is -0.456 e. The number of ether oxygens (including phenoxy) is 1. The number of piperazine rings is 1. The van der Waals surface area contributed by atoms with Crippen molar-refractivity contribution >= 4 is 40.0 Å². The molecule has 0 radical (unpaired) electrons. The lowest BCUT2D eigenvalue weighted by Gasteiger charge is -2.37. The molecule has 3 heterocycles. The second-order valence-electron chi connectivity index (χ2n) is 10.3. The summed E-state index contributed by atoms with van der Waals surface area (Å²) in [6.45, 7) is 7.25. The molecule has 2 aromatic carbocycles. The molecule has 0 atom stereocenters. The highest BCUT2D eigenvalue weighted by molar-refractivity contribution is 6.36. The molecular weight excluding hydrogens is 576 g/mol. The van der Waals surface area contributed by atoms with E-state index >= 15 is 0 Å². The molecule has 0 spiro atoms. The summed E-state index contributed by atoms with van der Waals surface area (Å²) in [5.74, 6) is -0.318. The van der Waals surface area contributed by atoms with Crippen molar-refractivity contribution in [2.24, 2.45) is 0 Å². The van der Waals surface area contributed by atoms with Crippen molar-refractivity contribution in [3.8, 4) is 11.5 Å². The van der Waals surface area contributed by atoms with Crippen LogP contribution < -0.4 is 15.4 Å². The molecule has 8 nitrogen and oxygen atoms in total. The fourth-order valence-corrected chi connectivity index (χ4v) is 5.12. The number of rotatable bonds is 7. The molecule has 0 saturated carbocycles. The number of hydrogen-bond donors (Lipinski definition) is 3. The second kappa shape index (κ2) is 12.2. The third-order valence-electron chi connectivity index (χ3n) is 7.11. The number of aromatic nitrogens is 2. The summed E-state index contributed by atoms with van der Waals surface area (Å²) in [5.41, 5.74) is -0.460. The average molecular weight is 605 g/mol. The van der Waals surface area contributed by atoms with Gasteiger partial charge in [0.05, 0.1) is 21.7 Å². The maximum Gasteiger partial charge on any atom is 0.416 e. The molecule has 5 rings (SSSR count). The van der Waals surface area contributed by atoms with E-state index < -0.39 is 23.6 Å². The minimum absolute atomic E-state index is 0.0707. The first kappa shape index (κ1) is 29.6. The number of urea groups is 1. The summed E-state index contributed by atoms with van der Waals surface area (Å²) in [6, 6.07) is 8.52. The van der Waals surface area contributed by atoms with E-state index in [4.69, 9.17) is 16.3 Å². The quantitative estimate of drug-likeness (QED) is 0.192. The number of pyridine rings is 1. The molecule has 2 amide bonds. The van der Waals surface area contributed by atoms with Crippen molar-refractivity contribution in [2.75, 3.05) is 36.8 Å². The Balaban J connectivity index is 1.24. The van der Waals surface area contributed by atoms with Gasteiger partial charge in [0.2, 0.25) is 0 Å². The number of anilines is 2. The van der Waals surface area contributed by atoms with Gasteiger partial charge in [0.25, 0.3) is 0 Å². The number of carbonyl (C=O) groups excluding carboxylic acids is 1. The van der Waals surface area contributed by atoms with Crippen molar-refractivity contribution in [2.45, 2.75) is 32.6 Å². The summed E-state index contributed by atoms with van der Waals surface area (Å²) in [4.78, 5) is 23.9. The van der Waals surface area contributed by atoms with Crippen LogP contribution in [-0.2, 0) is 12.7 Å². The molecule has 1 fully saturated rings.